The van der Waals surface area contributed by atoms with Crippen molar-refractivity contribution in [2.24, 2.45) is 0 Å². The number of nitrogens with zero attached hydrogens (tertiary/aromatic N) is 2. The summed E-state index contributed by atoms with van der Waals surface area (Å²) in [5.41, 5.74) is 0.802. The van der Waals surface area contributed by atoms with Crippen molar-refractivity contribution in [3.8, 4) is 0 Å². The maximum absolute atomic E-state index is 12.2. The monoisotopic (exact) mass is 364 g/mol. The van der Waals surface area contributed by atoms with E-state index in [9.17, 15) is 4.79 Å². The van der Waals surface area contributed by atoms with Crippen LogP contribution in [0.1, 0.15) is 42.6 Å². The van der Waals surface area contributed by atoms with Crippen LogP contribution in [0.5, 0.6) is 0 Å². The van der Waals surface area contributed by atoms with Crippen molar-refractivity contribution in [2.45, 2.75) is 38.1 Å². The van der Waals surface area contributed by atoms with Gasteiger partial charge in [-0.15, -0.1) is 0 Å². The number of nitrogens with one attached hydrogen (secondary N) is 2. The number of aromatic nitrogens is 2. The lowest BCUT2D eigenvalue weighted by Crippen LogP contribution is -2.23. The van der Waals surface area contributed by atoms with Crippen LogP contribution in [0.15, 0.2) is 30.6 Å². The number of carbonyl (C=O) groups is 1. The number of hydrogen-bond donors (Lipinski definition) is 2. The van der Waals surface area contributed by atoms with Gasteiger partial charge in [-0.25, -0.2) is 9.97 Å². The van der Waals surface area contributed by atoms with Gasteiger partial charge >= 0.3 is 0 Å². The number of halogens is 2. The van der Waals surface area contributed by atoms with Gasteiger partial charge in [0.15, 0.2) is 0 Å². The average Bonchev–Trinajstić information content (AvgIpc) is 2.60. The SMILES string of the molecule is O=C(Nc1ccc(Cl)c(Cl)c1)c1cnc(NC2CCCCC2)cn1. The Morgan fingerprint density at radius 3 is 2.50 bits per heavy atom. The van der Waals surface area contributed by atoms with Gasteiger partial charge in [-0.3, -0.25) is 4.79 Å². The van der Waals surface area contributed by atoms with Gasteiger partial charge in [0.2, 0.25) is 0 Å². The highest BCUT2D eigenvalue weighted by Gasteiger charge is 2.14. The van der Waals surface area contributed by atoms with Crippen molar-refractivity contribution < 1.29 is 4.79 Å². The number of rotatable bonds is 4. The molecule has 1 amide bonds. The summed E-state index contributed by atoms with van der Waals surface area (Å²) in [7, 11) is 0. The fourth-order valence-electron chi connectivity index (χ4n) is 2.74. The maximum Gasteiger partial charge on any atom is 0.275 e. The topological polar surface area (TPSA) is 66.9 Å². The van der Waals surface area contributed by atoms with Gasteiger partial charge in [0.25, 0.3) is 5.91 Å². The fourth-order valence-corrected chi connectivity index (χ4v) is 3.04. The molecule has 1 fully saturated rings. The molecule has 0 atom stereocenters. The standard InChI is InChI=1S/C17H18Cl2N4O/c18-13-7-6-12(8-14(13)19)23-17(24)15-9-21-16(10-20-15)22-11-4-2-1-3-5-11/h6-11H,1-5H2,(H,21,22)(H,23,24). The van der Waals surface area contributed by atoms with E-state index in [2.05, 4.69) is 20.6 Å². The van der Waals surface area contributed by atoms with Crippen LogP contribution in [0.2, 0.25) is 10.0 Å². The first-order valence-electron chi connectivity index (χ1n) is 7.97. The second-order valence-electron chi connectivity index (χ2n) is 5.85. The number of hydrogen-bond acceptors (Lipinski definition) is 4. The van der Waals surface area contributed by atoms with Crippen LogP contribution >= 0.6 is 23.2 Å². The third-order valence-corrected chi connectivity index (χ3v) is 4.76. The number of benzene rings is 1. The molecule has 1 aliphatic carbocycles. The van der Waals surface area contributed by atoms with E-state index in [-0.39, 0.29) is 11.6 Å². The molecule has 2 N–H and O–H groups in total. The van der Waals surface area contributed by atoms with Crippen molar-refractivity contribution in [3.05, 3.63) is 46.3 Å². The third-order valence-electron chi connectivity index (χ3n) is 4.02. The Bertz CT molecular complexity index is 715. The second-order valence-corrected chi connectivity index (χ2v) is 6.66. The molecule has 5 nitrogen and oxygen atoms in total. The zero-order valence-corrected chi connectivity index (χ0v) is 14.6. The lowest BCUT2D eigenvalue weighted by atomic mass is 9.96. The number of carbonyl (C=O) groups excluding carboxylic acids is 1. The van der Waals surface area contributed by atoms with Crippen LogP contribution in [-0.2, 0) is 0 Å². The molecule has 0 aliphatic heterocycles. The van der Waals surface area contributed by atoms with Crippen molar-refractivity contribution in [1.82, 2.24) is 9.97 Å². The number of amides is 1. The molecule has 0 bridgehead atoms. The van der Waals surface area contributed by atoms with Crippen LogP contribution < -0.4 is 10.6 Å². The molecule has 1 aliphatic rings. The van der Waals surface area contributed by atoms with E-state index < -0.39 is 0 Å². The van der Waals surface area contributed by atoms with Crippen LogP contribution in [-0.4, -0.2) is 21.9 Å². The molecule has 126 valence electrons. The van der Waals surface area contributed by atoms with E-state index in [4.69, 9.17) is 23.2 Å². The summed E-state index contributed by atoms with van der Waals surface area (Å²) < 4.78 is 0. The lowest BCUT2D eigenvalue weighted by molar-refractivity contribution is 0.102. The summed E-state index contributed by atoms with van der Waals surface area (Å²) in [4.78, 5) is 20.7. The van der Waals surface area contributed by atoms with E-state index in [0.29, 0.717) is 27.6 Å². The lowest BCUT2D eigenvalue weighted by Gasteiger charge is -2.23. The molecule has 3 rings (SSSR count). The predicted octanol–water partition coefficient (Wildman–Crippen LogP) is 4.78. The summed E-state index contributed by atoms with van der Waals surface area (Å²) in [5, 5.41) is 6.91. The third kappa shape index (κ3) is 4.36. The summed E-state index contributed by atoms with van der Waals surface area (Å²) in [6.07, 6.45) is 9.17. The van der Waals surface area contributed by atoms with Crippen molar-refractivity contribution in [2.75, 3.05) is 10.6 Å². The quantitative estimate of drug-likeness (QED) is 0.818. The van der Waals surface area contributed by atoms with E-state index in [1.54, 1.807) is 24.4 Å². The van der Waals surface area contributed by atoms with Gasteiger partial charge < -0.3 is 10.6 Å². The molecule has 0 unspecified atom stereocenters. The minimum absolute atomic E-state index is 0.246. The molecule has 0 saturated heterocycles. The Labute approximate surface area is 150 Å². The highest BCUT2D eigenvalue weighted by Crippen LogP contribution is 2.25. The summed E-state index contributed by atoms with van der Waals surface area (Å²) >= 11 is 11.8. The van der Waals surface area contributed by atoms with Crippen molar-refractivity contribution in [1.29, 1.82) is 0 Å². The highest BCUT2D eigenvalue weighted by atomic mass is 35.5. The van der Waals surface area contributed by atoms with E-state index >= 15 is 0 Å². The molecule has 1 heterocycles. The van der Waals surface area contributed by atoms with Crippen LogP contribution in [0.4, 0.5) is 11.5 Å². The first kappa shape index (κ1) is 17.0. The van der Waals surface area contributed by atoms with Gasteiger partial charge in [0.1, 0.15) is 11.5 Å². The Morgan fingerprint density at radius 2 is 1.83 bits per heavy atom. The number of anilines is 2. The van der Waals surface area contributed by atoms with Crippen molar-refractivity contribution in [3.63, 3.8) is 0 Å². The zero-order valence-electron chi connectivity index (χ0n) is 13.1. The molecule has 1 saturated carbocycles. The molecule has 7 heteroatoms. The summed E-state index contributed by atoms with van der Waals surface area (Å²) in [5.74, 6) is 0.359. The van der Waals surface area contributed by atoms with Crippen LogP contribution in [0.25, 0.3) is 0 Å². The zero-order chi connectivity index (χ0) is 16.9. The van der Waals surface area contributed by atoms with Gasteiger partial charge in [-0.1, -0.05) is 42.5 Å². The van der Waals surface area contributed by atoms with Crippen LogP contribution in [0.3, 0.4) is 0 Å². The summed E-state index contributed by atoms with van der Waals surface area (Å²) in [6, 6.07) is 5.35. The Hall–Kier alpha value is -1.85. The Morgan fingerprint density at radius 1 is 1.04 bits per heavy atom. The molecular formula is C17H18Cl2N4O. The molecule has 0 spiro atoms. The van der Waals surface area contributed by atoms with Crippen molar-refractivity contribution >= 4 is 40.6 Å². The van der Waals surface area contributed by atoms with Gasteiger partial charge in [0.05, 0.1) is 22.4 Å². The first-order chi connectivity index (χ1) is 11.6. The van der Waals surface area contributed by atoms with Crippen LogP contribution in [0, 0.1) is 0 Å². The van der Waals surface area contributed by atoms with E-state index in [1.807, 2.05) is 0 Å². The minimum atomic E-state index is -0.342. The smallest absolute Gasteiger partial charge is 0.275 e. The van der Waals surface area contributed by atoms with E-state index in [0.717, 1.165) is 12.8 Å². The Balaban J connectivity index is 1.61. The molecule has 1 aromatic heterocycles. The highest BCUT2D eigenvalue weighted by molar-refractivity contribution is 6.42. The van der Waals surface area contributed by atoms with E-state index in [1.165, 1.54) is 25.5 Å². The molecule has 2 aromatic rings. The fraction of sp³-hybridized carbons (Fsp3) is 0.353. The van der Waals surface area contributed by atoms with Gasteiger partial charge in [0, 0.05) is 11.7 Å². The minimum Gasteiger partial charge on any atom is -0.366 e. The molecule has 0 radical (unpaired) electrons. The van der Waals surface area contributed by atoms with Gasteiger partial charge in [-0.2, -0.15) is 0 Å². The molecule has 1 aromatic carbocycles. The molecular weight excluding hydrogens is 347 g/mol. The van der Waals surface area contributed by atoms with Gasteiger partial charge in [-0.05, 0) is 31.0 Å². The average molecular weight is 365 g/mol. The summed E-state index contributed by atoms with van der Waals surface area (Å²) in [6.45, 7) is 0. The second kappa shape index (κ2) is 7.81. The molecule has 24 heavy (non-hydrogen) atoms. The Kier molecular flexibility index (Phi) is 5.53. The predicted molar refractivity (Wildman–Crippen MR) is 96.9 cm³/mol. The maximum atomic E-state index is 12.2. The first-order valence-corrected chi connectivity index (χ1v) is 8.72. The largest absolute Gasteiger partial charge is 0.366 e. The normalized spacial score (nSPS) is 15.1.